The molecule has 0 atom stereocenters. The molecule has 1 aromatic rings. The fraction of sp³-hybridized carbons (Fsp3) is 0.500. The lowest BCUT2D eigenvalue weighted by atomic mass is 9.91. The minimum Gasteiger partial charge on any atom is -0.444 e. The van der Waals surface area contributed by atoms with Gasteiger partial charge in [-0.05, 0) is 32.4 Å². The highest BCUT2D eigenvalue weighted by Crippen LogP contribution is 2.31. The van der Waals surface area contributed by atoms with Crippen molar-refractivity contribution in [1.29, 1.82) is 0 Å². The van der Waals surface area contributed by atoms with E-state index in [2.05, 4.69) is 0 Å². The average Bonchev–Trinajstić information content (AvgIpc) is 2.52. The Morgan fingerprint density at radius 1 is 1.61 bits per heavy atom. The SMILES string of the molecule is [2H]Nc1c([2H])c([2H])c([2H])c([2H])c1C1([2H])C([2H])([2H])N(C(=O)OC(C)(C)C)C1([2H])[2H]. The molecule has 0 spiro atoms. The molecule has 0 aromatic heterocycles. The zero-order chi connectivity index (χ0) is 22.0. The zero-order valence-electron chi connectivity index (χ0n) is 20.3. The maximum absolute atomic E-state index is 12.4. The molecule has 2 rings (SSSR count). The Bertz CT molecular complexity index is 821. The van der Waals surface area contributed by atoms with E-state index in [0.29, 0.717) is 0 Å². The van der Waals surface area contributed by atoms with Crippen LogP contribution in [-0.2, 0) is 4.74 Å². The highest BCUT2D eigenvalue weighted by atomic mass is 16.6. The number of amides is 1. The molecule has 2 N–H and O–H groups in total. The van der Waals surface area contributed by atoms with E-state index in [1.165, 1.54) is 20.8 Å². The highest BCUT2D eigenvalue weighted by Gasteiger charge is 2.35. The summed E-state index contributed by atoms with van der Waals surface area (Å²) in [6.07, 6.45) is -1.36. The van der Waals surface area contributed by atoms with Gasteiger partial charge in [0.15, 0.2) is 1.41 Å². The topological polar surface area (TPSA) is 55.6 Å². The summed E-state index contributed by atoms with van der Waals surface area (Å²) in [5, 5.41) is 0. The summed E-state index contributed by atoms with van der Waals surface area (Å²) in [7, 11) is 0. The lowest BCUT2D eigenvalue weighted by Crippen LogP contribution is -2.50. The second-order valence-corrected chi connectivity index (χ2v) is 4.66. The number of carbonyl (C=O) groups is 1. The fourth-order valence-electron chi connectivity index (χ4n) is 1.23. The van der Waals surface area contributed by atoms with E-state index in [0.717, 1.165) is 0 Å². The Hall–Kier alpha value is -1.71. The Balaban J connectivity index is 2.73. The lowest BCUT2D eigenvalue weighted by Gasteiger charge is -2.40. The number of nitrogens with two attached hydrogens (primary N) is 1. The van der Waals surface area contributed by atoms with Gasteiger partial charge in [0.25, 0.3) is 0 Å². The number of para-hydroxylation sites is 1. The minimum absolute atomic E-state index is 0.0905. The molecular formula is C14H20N2O2. The van der Waals surface area contributed by atoms with Crippen LogP contribution in [0, 0.1) is 0 Å². The molecular weight excluding hydrogens is 228 g/mol. The predicted octanol–water partition coefficient (Wildman–Crippen LogP) is 2.60. The smallest absolute Gasteiger partial charge is 0.410 e. The van der Waals surface area contributed by atoms with Crippen molar-refractivity contribution in [2.45, 2.75) is 32.3 Å². The van der Waals surface area contributed by atoms with Crippen LogP contribution in [0.25, 0.3) is 0 Å². The fourth-order valence-corrected chi connectivity index (χ4v) is 1.23. The number of rotatable bonds is 2. The van der Waals surface area contributed by atoms with E-state index in [1.54, 1.807) is 5.73 Å². The molecule has 1 fully saturated rings. The minimum atomic E-state index is -3.04. The molecule has 1 heterocycles. The number of benzene rings is 1. The number of ether oxygens (including phenoxy) is 1. The number of likely N-dealkylation sites (tertiary alicyclic amines) is 1. The predicted molar refractivity (Wildman–Crippen MR) is 71.4 cm³/mol. The van der Waals surface area contributed by atoms with Gasteiger partial charge in [-0.1, -0.05) is 18.1 Å². The molecule has 98 valence electrons. The van der Waals surface area contributed by atoms with Crippen molar-refractivity contribution in [2.24, 2.45) is 0 Å². The van der Waals surface area contributed by atoms with Gasteiger partial charge in [0.2, 0.25) is 0 Å². The summed E-state index contributed by atoms with van der Waals surface area (Å²) in [6, 6.07) is -3.16. The molecule has 0 aliphatic carbocycles. The van der Waals surface area contributed by atoms with Gasteiger partial charge in [0, 0.05) is 25.9 Å². The number of carbonyl (C=O) groups excluding carboxylic acids is 1. The molecule has 1 amide bonds. The highest BCUT2D eigenvalue weighted by molar-refractivity contribution is 5.70. The third-order valence-electron chi connectivity index (χ3n) is 1.96. The van der Waals surface area contributed by atoms with E-state index >= 15 is 0 Å². The third-order valence-corrected chi connectivity index (χ3v) is 1.96. The molecule has 4 heteroatoms. The van der Waals surface area contributed by atoms with Gasteiger partial charge >= 0.3 is 6.09 Å². The van der Waals surface area contributed by atoms with Crippen molar-refractivity contribution in [1.82, 2.24) is 4.90 Å². The second kappa shape index (κ2) is 4.52. The van der Waals surface area contributed by atoms with Crippen molar-refractivity contribution in [3.05, 3.63) is 29.7 Å². The average molecular weight is 258 g/mol. The Morgan fingerprint density at radius 3 is 2.89 bits per heavy atom. The van der Waals surface area contributed by atoms with Gasteiger partial charge in [-0.15, -0.1) is 0 Å². The summed E-state index contributed by atoms with van der Waals surface area (Å²) in [5.41, 5.74) is -0.736. The molecule has 1 aromatic carbocycles. The van der Waals surface area contributed by atoms with Crippen LogP contribution in [-0.4, -0.2) is 29.6 Å². The molecule has 4 nitrogen and oxygen atoms in total. The zero-order valence-corrected chi connectivity index (χ0v) is 10.3. The van der Waals surface area contributed by atoms with Crippen molar-refractivity contribution >= 4 is 11.8 Å². The van der Waals surface area contributed by atoms with Crippen LogP contribution in [0.4, 0.5) is 10.5 Å². The first-order chi connectivity index (χ1) is 12.5. The van der Waals surface area contributed by atoms with Crippen LogP contribution in [0.15, 0.2) is 24.2 Å². The Morgan fingerprint density at radius 2 is 2.28 bits per heavy atom. The van der Waals surface area contributed by atoms with Gasteiger partial charge < -0.3 is 15.4 Å². The first-order valence-corrected chi connectivity index (χ1v) is 5.28. The molecule has 1 aliphatic rings. The van der Waals surface area contributed by atoms with E-state index in [9.17, 15) is 4.79 Å². The number of anilines is 1. The van der Waals surface area contributed by atoms with Crippen LogP contribution in [0.5, 0.6) is 0 Å². The molecule has 0 unspecified atom stereocenters. The third kappa shape index (κ3) is 2.75. The summed E-state index contributed by atoms with van der Waals surface area (Å²) in [4.78, 5) is 12.4. The van der Waals surface area contributed by atoms with Crippen LogP contribution in [0.2, 0.25) is 1.41 Å². The van der Waals surface area contributed by atoms with Crippen LogP contribution >= 0.6 is 0 Å². The van der Waals surface area contributed by atoms with Gasteiger partial charge in [-0.25, -0.2) is 4.79 Å². The Kier molecular flexibility index (Phi) is 1.28. The molecule has 0 bridgehead atoms. The van der Waals surface area contributed by atoms with Crippen molar-refractivity contribution in [3.63, 3.8) is 0 Å². The van der Waals surface area contributed by atoms with E-state index in [-0.39, 0.29) is 4.90 Å². The van der Waals surface area contributed by atoms with Gasteiger partial charge in [0.1, 0.15) is 5.60 Å². The standard InChI is InChI=1S/C14H20N2O2/c1-14(2,3)18-13(17)16-8-10(9-16)11-6-4-5-7-12(11)15/h4-7,10H,8-9,15H2,1-3H3/i4D,5D,6D,7D,8D2,9D2,10D/hD. The molecule has 1 saturated heterocycles. The largest absolute Gasteiger partial charge is 0.444 e. The van der Waals surface area contributed by atoms with Crippen molar-refractivity contribution < 1.29 is 23.3 Å². The first-order valence-electron chi connectivity index (χ1n) is 10.3. The van der Waals surface area contributed by atoms with Crippen LogP contribution in [0.3, 0.4) is 0 Å². The van der Waals surface area contributed by atoms with E-state index in [1.807, 2.05) is 0 Å². The van der Waals surface area contributed by atoms with Crippen LogP contribution in [0.1, 0.15) is 44.6 Å². The Labute approximate surface area is 122 Å². The molecule has 1 aliphatic heterocycles. The maximum atomic E-state index is 12.4. The molecule has 18 heavy (non-hydrogen) atoms. The quantitative estimate of drug-likeness (QED) is 0.830. The lowest BCUT2D eigenvalue weighted by molar-refractivity contribution is 0.00824. The monoisotopic (exact) mass is 258 g/mol. The maximum Gasteiger partial charge on any atom is 0.410 e. The number of nitrogens with zero attached hydrogens (tertiary/aromatic N) is 1. The van der Waals surface area contributed by atoms with Gasteiger partial charge in [-0.2, -0.15) is 0 Å². The van der Waals surface area contributed by atoms with Crippen molar-refractivity contribution in [3.8, 4) is 0 Å². The second-order valence-electron chi connectivity index (χ2n) is 4.66. The van der Waals surface area contributed by atoms with Crippen molar-refractivity contribution in [2.75, 3.05) is 18.7 Å². The number of hydrogen-bond donors (Lipinski definition) is 1. The normalized spacial score (nSPS) is 31.4. The van der Waals surface area contributed by atoms with E-state index in [4.69, 9.17) is 18.5 Å². The number of hydrogen-bond acceptors (Lipinski definition) is 3. The summed E-state index contributed by atoms with van der Waals surface area (Å²) in [5.74, 6) is -2.96. The number of nitrogen functional groups attached to an aromatic ring is 1. The molecule has 0 saturated carbocycles. The van der Waals surface area contributed by atoms with Gasteiger partial charge in [0.05, 0.1) is 11.0 Å². The molecule has 0 radical (unpaired) electrons. The van der Waals surface area contributed by atoms with Crippen LogP contribution < -0.4 is 5.73 Å². The van der Waals surface area contributed by atoms with E-state index < -0.39 is 66.0 Å². The van der Waals surface area contributed by atoms with Gasteiger partial charge in [-0.3, -0.25) is 0 Å². The summed E-state index contributed by atoms with van der Waals surface area (Å²) in [6.45, 7) is -1.58. The first kappa shape index (κ1) is 5.11. The summed E-state index contributed by atoms with van der Waals surface area (Å²) >= 11 is 0. The summed E-state index contributed by atoms with van der Waals surface area (Å²) < 4.78 is 85.0.